The van der Waals surface area contributed by atoms with E-state index in [1.807, 2.05) is 20.8 Å². The summed E-state index contributed by atoms with van der Waals surface area (Å²) < 4.78 is 11.1. The van der Waals surface area contributed by atoms with Gasteiger partial charge in [0, 0.05) is 30.2 Å². The first-order chi connectivity index (χ1) is 10.8. The Kier molecular flexibility index (Phi) is 2.90. The number of aliphatic hydroxyl groups is 1. The molecule has 5 atom stereocenters. The van der Waals surface area contributed by atoms with E-state index in [4.69, 9.17) is 9.15 Å². The third-order valence-electron chi connectivity index (χ3n) is 6.51. The van der Waals surface area contributed by atoms with E-state index in [9.17, 15) is 14.7 Å². The molecule has 5 nitrogen and oxygen atoms in total. The van der Waals surface area contributed by atoms with Crippen molar-refractivity contribution in [1.29, 1.82) is 0 Å². The van der Waals surface area contributed by atoms with E-state index in [1.165, 1.54) is 6.07 Å². The molecule has 3 aliphatic rings. The Hall–Kier alpha value is -1.62. The molecule has 0 aromatic carbocycles. The Morgan fingerprint density at radius 3 is 2.78 bits per heavy atom. The van der Waals surface area contributed by atoms with E-state index in [1.54, 1.807) is 0 Å². The van der Waals surface area contributed by atoms with Gasteiger partial charge in [-0.2, -0.15) is 0 Å². The van der Waals surface area contributed by atoms with Gasteiger partial charge < -0.3 is 14.3 Å². The summed E-state index contributed by atoms with van der Waals surface area (Å²) in [5, 5.41) is 10.8. The van der Waals surface area contributed by atoms with Crippen molar-refractivity contribution in [1.82, 2.24) is 0 Å². The minimum Gasteiger partial charge on any atom is -0.461 e. The highest BCUT2D eigenvalue weighted by Gasteiger charge is 2.67. The van der Waals surface area contributed by atoms with E-state index >= 15 is 0 Å². The molecule has 0 radical (unpaired) electrons. The molecule has 4 rings (SSSR count). The van der Waals surface area contributed by atoms with Crippen molar-refractivity contribution in [2.45, 2.75) is 64.1 Å². The van der Waals surface area contributed by atoms with Crippen molar-refractivity contribution < 1.29 is 19.1 Å². The molecule has 23 heavy (non-hydrogen) atoms. The van der Waals surface area contributed by atoms with Crippen molar-refractivity contribution in [3.8, 4) is 0 Å². The van der Waals surface area contributed by atoms with Crippen LogP contribution in [-0.4, -0.2) is 23.3 Å². The third kappa shape index (κ3) is 1.66. The summed E-state index contributed by atoms with van der Waals surface area (Å²) in [4.78, 5) is 24.5. The Morgan fingerprint density at radius 2 is 2.09 bits per heavy atom. The number of hydrogen-bond donors (Lipinski definition) is 1. The standard InChI is InChI=1S/C18H22O5/c1-4-11-9-7-12-15-17(2,16(21)23-12)6-5-13(19)18(15,3)10(9)8-14(20)22-11/h8,12-13,15,19H,4-7H2,1-3H3. The number of rotatable bonds is 1. The van der Waals surface area contributed by atoms with Gasteiger partial charge in [0.15, 0.2) is 0 Å². The van der Waals surface area contributed by atoms with Crippen LogP contribution in [0.1, 0.15) is 50.5 Å². The Balaban J connectivity index is 2.01. The maximum atomic E-state index is 12.5. The Labute approximate surface area is 134 Å². The maximum absolute atomic E-state index is 12.5. The lowest BCUT2D eigenvalue weighted by Gasteiger charge is -2.53. The molecule has 5 heteroatoms. The number of carbonyl (C=O) groups is 1. The second-order valence-electron chi connectivity index (χ2n) is 7.61. The number of aliphatic hydroxyl groups excluding tert-OH is 1. The molecule has 1 saturated carbocycles. The van der Waals surface area contributed by atoms with Gasteiger partial charge >= 0.3 is 11.6 Å². The van der Waals surface area contributed by atoms with E-state index in [0.717, 1.165) is 11.1 Å². The fraction of sp³-hybridized carbons (Fsp3) is 0.667. The lowest BCUT2D eigenvalue weighted by atomic mass is 9.49. The van der Waals surface area contributed by atoms with E-state index in [-0.39, 0.29) is 23.6 Å². The third-order valence-corrected chi connectivity index (χ3v) is 6.51. The van der Waals surface area contributed by atoms with Gasteiger partial charge in [0.2, 0.25) is 0 Å². The van der Waals surface area contributed by atoms with Crippen molar-refractivity contribution in [2.75, 3.05) is 0 Å². The van der Waals surface area contributed by atoms with Gasteiger partial charge in [-0.1, -0.05) is 13.8 Å². The van der Waals surface area contributed by atoms with E-state index in [2.05, 4.69) is 0 Å². The molecule has 1 saturated heterocycles. The average Bonchev–Trinajstić information content (AvgIpc) is 2.76. The highest BCUT2D eigenvalue weighted by Crippen LogP contribution is 2.61. The largest absolute Gasteiger partial charge is 0.461 e. The van der Waals surface area contributed by atoms with Crippen LogP contribution in [0.4, 0.5) is 0 Å². The summed E-state index contributed by atoms with van der Waals surface area (Å²) in [7, 11) is 0. The molecular weight excluding hydrogens is 296 g/mol. The van der Waals surface area contributed by atoms with Gasteiger partial charge in [-0.15, -0.1) is 0 Å². The van der Waals surface area contributed by atoms with Crippen molar-refractivity contribution >= 4 is 5.97 Å². The Bertz CT molecular complexity index is 750. The number of aryl methyl sites for hydroxylation is 1. The number of fused-ring (bicyclic) bond motifs is 2. The van der Waals surface area contributed by atoms with Crippen molar-refractivity contribution in [3.63, 3.8) is 0 Å². The van der Waals surface area contributed by atoms with Gasteiger partial charge in [0.1, 0.15) is 11.9 Å². The number of esters is 1. The molecule has 1 aliphatic heterocycles. The maximum Gasteiger partial charge on any atom is 0.336 e. The summed E-state index contributed by atoms with van der Waals surface area (Å²) in [6.07, 6.45) is 1.48. The fourth-order valence-electron chi connectivity index (χ4n) is 5.39. The zero-order valence-corrected chi connectivity index (χ0v) is 13.7. The SMILES string of the molecule is CCc1oc(=O)cc2c1CC1OC(=O)C3(C)CCC(O)C2(C)C13. The van der Waals surface area contributed by atoms with Crippen molar-refractivity contribution in [2.24, 2.45) is 11.3 Å². The number of ether oxygens (including phenoxy) is 1. The van der Waals surface area contributed by atoms with Crippen LogP contribution >= 0.6 is 0 Å². The molecule has 1 aromatic rings. The topological polar surface area (TPSA) is 76.7 Å². The minimum absolute atomic E-state index is 0.106. The second-order valence-corrected chi connectivity index (χ2v) is 7.61. The molecular formula is C18H22O5. The van der Waals surface area contributed by atoms with Crippen LogP contribution in [0.15, 0.2) is 15.3 Å². The molecule has 1 N–H and O–H groups in total. The quantitative estimate of drug-likeness (QED) is 0.798. The molecule has 0 bridgehead atoms. The summed E-state index contributed by atoms with van der Waals surface area (Å²) in [5.74, 6) is 0.371. The van der Waals surface area contributed by atoms with Gasteiger partial charge in [-0.05, 0) is 30.9 Å². The summed E-state index contributed by atoms with van der Waals surface area (Å²) >= 11 is 0. The van der Waals surface area contributed by atoms with E-state index < -0.39 is 16.9 Å². The lowest BCUT2D eigenvalue weighted by Crippen LogP contribution is -2.59. The van der Waals surface area contributed by atoms with Gasteiger partial charge in [-0.25, -0.2) is 4.79 Å². The first-order valence-electron chi connectivity index (χ1n) is 8.38. The molecule has 1 aromatic heterocycles. The van der Waals surface area contributed by atoms with Gasteiger partial charge in [0.25, 0.3) is 0 Å². The molecule has 0 spiro atoms. The fourth-order valence-corrected chi connectivity index (χ4v) is 5.39. The molecule has 2 aliphatic carbocycles. The summed E-state index contributed by atoms with van der Waals surface area (Å²) in [6, 6.07) is 1.52. The second kappa shape index (κ2) is 4.47. The van der Waals surface area contributed by atoms with Crippen LogP contribution in [0.2, 0.25) is 0 Å². The molecule has 0 amide bonds. The number of carbonyl (C=O) groups excluding carboxylic acids is 1. The molecule has 2 fully saturated rings. The van der Waals surface area contributed by atoms with Crippen LogP contribution in [0.3, 0.4) is 0 Å². The van der Waals surface area contributed by atoms with Crippen LogP contribution < -0.4 is 5.63 Å². The lowest BCUT2D eigenvalue weighted by molar-refractivity contribution is -0.149. The van der Waals surface area contributed by atoms with Crippen LogP contribution in [-0.2, 0) is 27.8 Å². The smallest absolute Gasteiger partial charge is 0.336 e. The zero-order valence-electron chi connectivity index (χ0n) is 13.7. The summed E-state index contributed by atoms with van der Waals surface area (Å²) in [5.41, 5.74) is 0.165. The van der Waals surface area contributed by atoms with E-state index in [0.29, 0.717) is 31.4 Å². The average molecular weight is 318 g/mol. The molecule has 5 unspecified atom stereocenters. The normalized spacial score (nSPS) is 41.2. The predicted molar refractivity (Wildman–Crippen MR) is 82.1 cm³/mol. The molecule has 124 valence electrons. The predicted octanol–water partition coefficient (Wildman–Crippen LogP) is 1.72. The van der Waals surface area contributed by atoms with Crippen molar-refractivity contribution in [3.05, 3.63) is 33.4 Å². The monoisotopic (exact) mass is 318 g/mol. The van der Waals surface area contributed by atoms with Crippen LogP contribution in [0, 0.1) is 11.3 Å². The minimum atomic E-state index is -0.655. The van der Waals surface area contributed by atoms with Gasteiger partial charge in [-0.3, -0.25) is 4.79 Å². The first kappa shape index (κ1) is 14.9. The first-order valence-corrected chi connectivity index (χ1v) is 8.38. The Morgan fingerprint density at radius 1 is 1.35 bits per heavy atom. The summed E-state index contributed by atoms with van der Waals surface area (Å²) in [6.45, 7) is 5.86. The van der Waals surface area contributed by atoms with Crippen LogP contribution in [0.25, 0.3) is 0 Å². The zero-order chi connectivity index (χ0) is 16.6. The highest BCUT2D eigenvalue weighted by molar-refractivity contribution is 5.80. The highest BCUT2D eigenvalue weighted by atomic mass is 16.6. The van der Waals surface area contributed by atoms with Gasteiger partial charge in [0.05, 0.1) is 11.5 Å². The van der Waals surface area contributed by atoms with Crippen LogP contribution in [0.5, 0.6) is 0 Å². The number of hydrogen-bond acceptors (Lipinski definition) is 5. The molecule has 2 heterocycles.